The first-order valence-electron chi connectivity index (χ1n) is 5.47. The standard InChI is InChI=1S/C13H11F2N3O/c1-7-9(14)5-8(6-10(7)16)13(19)18-12-4-2-3-11(15)17-12/h2-6H,16H2,1H3,(H,17,18,19). The van der Waals surface area contributed by atoms with Crippen molar-refractivity contribution in [2.75, 3.05) is 11.1 Å². The van der Waals surface area contributed by atoms with Gasteiger partial charge in [-0.1, -0.05) is 6.07 Å². The zero-order chi connectivity index (χ0) is 14.0. The first-order valence-corrected chi connectivity index (χ1v) is 5.47. The Hall–Kier alpha value is -2.50. The monoisotopic (exact) mass is 263 g/mol. The summed E-state index contributed by atoms with van der Waals surface area (Å²) < 4.78 is 26.3. The number of nitrogens with one attached hydrogen (secondary N) is 1. The summed E-state index contributed by atoms with van der Waals surface area (Å²) in [6.07, 6.45) is 0. The molecule has 0 aliphatic heterocycles. The van der Waals surface area contributed by atoms with Crippen molar-refractivity contribution in [3.05, 3.63) is 53.2 Å². The van der Waals surface area contributed by atoms with Gasteiger partial charge < -0.3 is 11.1 Å². The number of rotatable bonds is 2. The third kappa shape index (κ3) is 2.85. The Morgan fingerprint density at radius 1 is 1.32 bits per heavy atom. The van der Waals surface area contributed by atoms with Gasteiger partial charge in [-0.05, 0) is 31.2 Å². The lowest BCUT2D eigenvalue weighted by Crippen LogP contribution is -2.14. The molecule has 1 aromatic carbocycles. The van der Waals surface area contributed by atoms with Gasteiger partial charge in [-0.3, -0.25) is 4.79 Å². The first kappa shape index (κ1) is 12.9. The minimum atomic E-state index is -0.715. The fourth-order valence-corrected chi connectivity index (χ4v) is 1.50. The highest BCUT2D eigenvalue weighted by molar-refractivity contribution is 6.04. The van der Waals surface area contributed by atoms with E-state index < -0.39 is 17.7 Å². The van der Waals surface area contributed by atoms with Crippen LogP contribution in [0.5, 0.6) is 0 Å². The summed E-state index contributed by atoms with van der Waals surface area (Å²) in [5.41, 5.74) is 6.09. The molecule has 0 radical (unpaired) electrons. The van der Waals surface area contributed by atoms with Crippen LogP contribution in [-0.4, -0.2) is 10.9 Å². The Balaban J connectivity index is 2.25. The SMILES string of the molecule is Cc1c(N)cc(C(=O)Nc2cccc(F)n2)cc1F. The lowest BCUT2D eigenvalue weighted by molar-refractivity contribution is 0.102. The molecule has 2 rings (SSSR count). The number of pyridine rings is 1. The molecule has 19 heavy (non-hydrogen) atoms. The van der Waals surface area contributed by atoms with E-state index >= 15 is 0 Å². The van der Waals surface area contributed by atoms with Gasteiger partial charge in [-0.2, -0.15) is 4.39 Å². The number of carbonyl (C=O) groups is 1. The molecule has 1 heterocycles. The predicted octanol–water partition coefficient (Wildman–Crippen LogP) is 2.50. The number of nitrogen functional groups attached to an aromatic ring is 1. The van der Waals surface area contributed by atoms with Gasteiger partial charge in [0.05, 0.1) is 0 Å². The van der Waals surface area contributed by atoms with E-state index in [9.17, 15) is 13.6 Å². The molecule has 1 aromatic heterocycles. The maximum absolute atomic E-state index is 13.5. The summed E-state index contributed by atoms with van der Waals surface area (Å²) in [5, 5.41) is 2.36. The zero-order valence-corrected chi connectivity index (χ0v) is 10.1. The molecule has 1 amide bonds. The molecular weight excluding hydrogens is 252 g/mol. The quantitative estimate of drug-likeness (QED) is 0.646. The van der Waals surface area contributed by atoms with Gasteiger partial charge in [-0.25, -0.2) is 9.37 Å². The van der Waals surface area contributed by atoms with Crippen LogP contribution in [0.4, 0.5) is 20.3 Å². The normalized spacial score (nSPS) is 10.3. The molecule has 98 valence electrons. The largest absolute Gasteiger partial charge is 0.398 e. The van der Waals surface area contributed by atoms with Gasteiger partial charge in [0.15, 0.2) is 0 Å². The molecule has 0 bridgehead atoms. The molecule has 0 spiro atoms. The van der Waals surface area contributed by atoms with E-state index in [2.05, 4.69) is 10.3 Å². The van der Waals surface area contributed by atoms with Gasteiger partial charge in [0, 0.05) is 16.8 Å². The maximum Gasteiger partial charge on any atom is 0.256 e. The lowest BCUT2D eigenvalue weighted by atomic mass is 10.1. The van der Waals surface area contributed by atoms with Crippen molar-refractivity contribution >= 4 is 17.4 Å². The van der Waals surface area contributed by atoms with E-state index in [1.54, 1.807) is 0 Å². The number of halogens is 2. The van der Waals surface area contributed by atoms with Crippen molar-refractivity contribution in [3.63, 3.8) is 0 Å². The Kier molecular flexibility index (Phi) is 3.41. The Labute approximate surface area is 108 Å². The molecule has 0 atom stereocenters. The molecule has 0 aliphatic rings. The highest BCUT2D eigenvalue weighted by Crippen LogP contribution is 2.18. The number of hydrogen-bond acceptors (Lipinski definition) is 3. The fraction of sp³-hybridized carbons (Fsp3) is 0.0769. The van der Waals surface area contributed by atoms with Crippen molar-refractivity contribution in [1.29, 1.82) is 0 Å². The minimum Gasteiger partial charge on any atom is -0.398 e. The number of hydrogen-bond donors (Lipinski definition) is 2. The van der Waals surface area contributed by atoms with Crippen molar-refractivity contribution < 1.29 is 13.6 Å². The van der Waals surface area contributed by atoms with E-state index in [4.69, 9.17) is 5.73 Å². The molecule has 0 saturated heterocycles. The molecule has 3 N–H and O–H groups in total. The predicted molar refractivity (Wildman–Crippen MR) is 67.7 cm³/mol. The van der Waals surface area contributed by atoms with Crippen LogP contribution in [0.15, 0.2) is 30.3 Å². The number of anilines is 2. The van der Waals surface area contributed by atoms with Crippen LogP contribution < -0.4 is 11.1 Å². The molecular formula is C13H11F2N3O. The summed E-state index contributed by atoms with van der Waals surface area (Å²) in [6, 6.07) is 6.41. The average molecular weight is 263 g/mol. The molecule has 0 saturated carbocycles. The van der Waals surface area contributed by atoms with E-state index in [0.29, 0.717) is 0 Å². The van der Waals surface area contributed by atoms with Crippen LogP contribution >= 0.6 is 0 Å². The smallest absolute Gasteiger partial charge is 0.256 e. The number of carbonyl (C=O) groups excluding carboxylic acids is 1. The molecule has 0 aliphatic carbocycles. The lowest BCUT2D eigenvalue weighted by Gasteiger charge is -2.07. The third-order valence-corrected chi connectivity index (χ3v) is 2.60. The number of aromatic nitrogens is 1. The van der Waals surface area contributed by atoms with Crippen LogP contribution in [0, 0.1) is 18.7 Å². The van der Waals surface area contributed by atoms with E-state index in [1.807, 2.05) is 0 Å². The molecule has 2 aromatic rings. The molecule has 4 nitrogen and oxygen atoms in total. The highest BCUT2D eigenvalue weighted by atomic mass is 19.1. The van der Waals surface area contributed by atoms with E-state index in [-0.39, 0.29) is 22.6 Å². The van der Waals surface area contributed by atoms with Crippen molar-refractivity contribution in [2.45, 2.75) is 6.92 Å². The van der Waals surface area contributed by atoms with Crippen LogP contribution in [0.1, 0.15) is 15.9 Å². The van der Waals surface area contributed by atoms with Crippen LogP contribution in [0.25, 0.3) is 0 Å². The average Bonchev–Trinajstić information content (AvgIpc) is 2.35. The van der Waals surface area contributed by atoms with Crippen LogP contribution in [-0.2, 0) is 0 Å². The minimum absolute atomic E-state index is 0.0459. The molecule has 0 unspecified atom stereocenters. The summed E-state index contributed by atoms with van der Waals surface area (Å²) in [7, 11) is 0. The van der Waals surface area contributed by atoms with Crippen LogP contribution in [0.3, 0.4) is 0 Å². The Morgan fingerprint density at radius 2 is 2.05 bits per heavy atom. The number of nitrogens with two attached hydrogens (primary N) is 1. The maximum atomic E-state index is 13.5. The van der Waals surface area contributed by atoms with Crippen molar-refractivity contribution in [3.8, 4) is 0 Å². The second-order valence-electron chi connectivity index (χ2n) is 3.97. The number of benzene rings is 1. The highest BCUT2D eigenvalue weighted by Gasteiger charge is 2.12. The number of nitrogens with zero attached hydrogens (tertiary/aromatic N) is 1. The summed E-state index contributed by atoms with van der Waals surface area (Å²) in [6.45, 7) is 1.51. The summed E-state index contributed by atoms with van der Waals surface area (Å²) in [4.78, 5) is 15.3. The van der Waals surface area contributed by atoms with Gasteiger partial charge in [0.2, 0.25) is 5.95 Å². The first-order chi connectivity index (χ1) is 8.97. The molecule has 6 heteroatoms. The van der Waals surface area contributed by atoms with Crippen molar-refractivity contribution in [2.24, 2.45) is 0 Å². The third-order valence-electron chi connectivity index (χ3n) is 2.60. The zero-order valence-electron chi connectivity index (χ0n) is 10.1. The molecule has 0 fully saturated rings. The van der Waals surface area contributed by atoms with Gasteiger partial charge in [0.1, 0.15) is 11.6 Å². The van der Waals surface area contributed by atoms with Gasteiger partial charge in [-0.15, -0.1) is 0 Å². The van der Waals surface area contributed by atoms with Gasteiger partial charge in [0.25, 0.3) is 5.91 Å². The van der Waals surface area contributed by atoms with Crippen molar-refractivity contribution in [1.82, 2.24) is 4.98 Å². The number of amides is 1. The topological polar surface area (TPSA) is 68.0 Å². The Bertz CT molecular complexity index is 621. The van der Waals surface area contributed by atoms with Crippen LogP contribution in [0.2, 0.25) is 0 Å². The second-order valence-corrected chi connectivity index (χ2v) is 3.97. The Morgan fingerprint density at radius 3 is 2.68 bits per heavy atom. The summed E-state index contributed by atoms with van der Waals surface area (Å²) >= 11 is 0. The van der Waals surface area contributed by atoms with E-state index in [1.165, 1.54) is 25.1 Å². The summed E-state index contributed by atoms with van der Waals surface area (Å²) in [5.74, 6) is -1.85. The van der Waals surface area contributed by atoms with E-state index in [0.717, 1.165) is 12.1 Å². The fourth-order valence-electron chi connectivity index (χ4n) is 1.50. The second kappa shape index (κ2) is 5.01. The van der Waals surface area contributed by atoms with Gasteiger partial charge >= 0.3 is 0 Å².